The number of aryl methyl sites for hydroxylation is 2. The van der Waals surface area contributed by atoms with Crippen molar-refractivity contribution in [2.45, 2.75) is 26.7 Å². The zero-order chi connectivity index (χ0) is 17.9. The number of nitrogens with zero attached hydrogens (tertiary/aromatic N) is 1. The average Bonchev–Trinajstić information content (AvgIpc) is 3.25. The standard InChI is InChI=1S/C22H22N2OS/c1-3-18-13-17-9-10-19(14-21(17)23-18)25-12-11-20-15(2)26-22(24-20)16-7-5-4-6-8-16/h4-10,13-14,23H,3,11-12H2,1-2H3. The lowest BCUT2D eigenvalue weighted by molar-refractivity contribution is 0.321. The fourth-order valence-electron chi connectivity index (χ4n) is 3.08. The Bertz CT molecular complexity index is 1020. The normalized spacial score (nSPS) is 11.2. The van der Waals surface area contributed by atoms with Crippen LogP contribution in [0.1, 0.15) is 23.2 Å². The van der Waals surface area contributed by atoms with Gasteiger partial charge in [0.2, 0.25) is 0 Å². The maximum absolute atomic E-state index is 5.98. The molecule has 132 valence electrons. The largest absolute Gasteiger partial charge is 0.493 e. The summed E-state index contributed by atoms with van der Waals surface area (Å²) in [5.41, 5.74) is 4.69. The Labute approximate surface area is 157 Å². The third kappa shape index (κ3) is 3.51. The van der Waals surface area contributed by atoms with Crippen molar-refractivity contribution in [3.05, 3.63) is 70.9 Å². The van der Waals surface area contributed by atoms with Crippen LogP contribution in [-0.2, 0) is 12.8 Å². The molecule has 0 unspecified atom stereocenters. The van der Waals surface area contributed by atoms with E-state index in [1.165, 1.54) is 21.5 Å². The van der Waals surface area contributed by atoms with Crippen LogP contribution in [0.3, 0.4) is 0 Å². The van der Waals surface area contributed by atoms with E-state index in [0.717, 1.165) is 34.8 Å². The molecule has 2 aromatic heterocycles. The van der Waals surface area contributed by atoms with Crippen LogP contribution in [0.15, 0.2) is 54.6 Å². The summed E-state index contributed by atoms with van der Waals surface area (Å²) in [5, 5.41) is 2.31. The number of aromatic nitrogens is 2. The second-order valence-corrected chi connectivity index (χ2v) is 7.59. The molecule has 0 saturated carbocycles. The van der Waals surface area contributed by atoms with Crippen molar-refractivity contribution in [3.63, 3.8) is 0 Å². The van der Waals surface area contributed by atoms with Crippen molar-refractivity contribution in [2.75, 3.05) is 6.61 Å². The van der Waals surface area contributed by atoms with Gasteiger partial charge in [0.15, 0.2) is 0 Å². The Balaban J connectivity index is 1.42. The lowest BCUT2D eigenvalue weighted by Gasteiger charge is -2.05. The summed E-state index contributed by atoms with van der Waals surface area (Å²) in [6.45, 7) is 4.92. The zero-order valence-corrected chi connectivity index (χ0v) is 15.9. The Morgan fingerprint density at radius 2 is 1.92 bits per heavy atom. The van der Waals surface area contributed by atoms with Crippen LogP contribution in [0.25, 0.3) is 21.5 Å². The molecule has 0 radical (unpaired) electrons. The van der Waals surface area contributed by atoms with E-state index in [0.29, 0.717) is 6.61 Å². The van der Waals surface area contributed by atoms with Crippen molar-refractivity contribution in [1.29, 1.82) is 0 Å². The van der Waals surface area contributed by atoms with E-state index in [4.69, 9.17) is 9.72 Å². The molecule has 0 saturated heterocycles. The van der Waals surface area contributed by atoms with Crippen LogP contribution >= 0.6 is 11.3 Å². The summed E-state index contributed by atoms with van der Waals surface area (Å²) in [7, 11) is 0. The van der Waals surface area contributed by atoms with Gasteiger partial charge in [-0.15, -0.1) is 11.3 Å². The molecule has 26 heavy (non-hydrogen) atoms. The Morgan fingerprint density at radius 1 is 1.08 bits per heavy atom. The van der Waals surface area contributed by atoms with E-state index in [1.807, 2.05) is 12.1 Å². The van der Waals surface area contributed by atoms with Gasteiger partial charge in [-0.3, -0.25) is 0 Å². The van der Waals surface area contributed by atoms with Crippen LogP contribution in [0.2, 0.25) is 0 Å². The van der Waals surface area contributed by atoms with Crippen LogP contribution in [-0.4, -0.2) is 16.6 Å². The highest BCUT2D eigenvalue weighted by atomic mass is 32.1. The highest BCUT2D eigenvalue weighted by molar-refractivity contribution is 7.15. The molecule has 2 aromatic carbocycles. The van der Waals surface area contributed by atoms with Crippen molar-refractivity contribution >= 4 is 22.2 Å². The third-order valence-electron chi connectivity index (χ3n) is 4.55. The fourth-order valence-corrected chi connectivity index (χ4v) is 4.04. The maximum atomic E-state index is 5.98. The summed E-state index contributed by atoms with van der Waals surface area (Å²) >= 11 is 1.75. The molecule has 0 aliphatic heterocycles. The zero-order valence-electron chi connectivity index (χ0n) is 15.1. The van der Waals surface area contributed by atoms with Crippen LogP contribution in [0.5, 0.6) is 5.75 Å². The van der Waals surface area contributed by atoms with Gasteiger partial charge < -0.3 is 9.72 Å². The van der Waals surface area contributed by atoms with Crippen molar-refractivity contribution in [1.82, 2.24) is 9.97 Å². The lowest BCUT2D eigenvalue weighted by Crippen LogP contribution is -2.02. The number of thiazole rings is 1. The molecule has 3 nitrogen and oxygen atoms in total. The first-order valence-corrected chi connectivity index (χ1v) is 9.81. The topological polar surface area (TPSA) is 37.9 Å². The molecule has 0 aliphatic rings. The maximum Gasteiger partial charge on any atom is 0.123 e. The van der Waals surface area contributed by atoms with Gasteiger partial charge in [-0.2, -0.15) is 0 Å². The van der Waals surface area contributed by atoms with Gasteiger partial charge in [0.05, 0.1) is 12.3 Å². The highest BCUT2D eigenvalue weighted by Crippen LogP contribution is 2.28. The monoisotopic (exact) mass is 362 g/mol. The number of rotatable bonds is 6. The van der Waals surface area contributed by atoms with Gasteiger partial charge in [0, 0.05) is 34.1 Å². The number of H-pyrrole nitrogens is 1. The number of hydrogen-bond acceptors (Lipinski definition) is 3. The molecule has 4 aromatic rings. The summed E-state index contributed by atoms with van der Waals surface area (Å²) in [6, 6.07) is 18.8. The van der Waals surface area contributed by atoms with E-state index in [9.17, 15) is 0 Å². The van der Waals surface area contributed by atoms with Crippen molar-refractivity contribution in [3.8, 4) is 16.3 Å². The molecule has 0 aliphatic carbocycles. The molecule has 0 spiro atoms. The van der Waals surface area contributed by atoms with Gasteiger partial charge in [0.25, 0.3) is 0 Å². The SMILES string of the molecule is CCc1cc2ccc(OCCc3nc(-c4ccccc4)sc3C)cc2[nH]1. The second-order valence-electron chi connectivity index (χ2n) is 6.38. The third-order valence-corrected chi connectivity index (χ3v) is 5.61. The van der Waals surface area contributed by atoms with Gasteiger partial charge in [-0.25, -0.2) is 4.98 Å². The molecule has 0 atom stereocenters. The predicted octanol–water partition coefficient (Wildman–Crippen LogP) is 5.78. The summed E-state index contributed by atoms with van der Waals surface area (Å²) in [4.78, 5) is 9.51. The first-order valence-electron chi connectivity index (χ1n) is 8.99. The van der Waals surface area contributed by atoms with E-state index in [-0.39, 0.29) is 0 Å². The molecule has 0 bridgehead atoms. The number of aromatic amines is 1. The minimum atomic E-state index is 0.631. The number of hydrogen-bond donors (Lipinski definition) is 1. The Kier molecular flexibility index (Phi) is 4.76. The van der Waals surface area contributed by atoms with Gasteiger partial charge in [0.1, 0.15) is 10.8 Å². The lowest BCUT2D eigenvalue weighted by atomic mass is 10.2. The van der Waals surface area contributed by atoms with Gasteiger partial charge in [-0.1, -0.05) is 37.3 Å². The predicted molar refractivity (Wildman–Crippen MR) is 109 cm³/mol. The van der Waals surface area contributed by atoms with Crippen molar-refractivity contribution in [2.24, 2.45) is 0 Å². The second kappa shape index (κ2) is 7.34. The minimum absolute atomic E-state index is 0.631. The smallest absolute Gasteiger partial charge is 0.123 e. The van der Waals surface area contributed by atoms with E-state index >= 15 is 0 Å². The van der Waals surface area contributed by atoms with Gasteiger partial charge in [-0.05, 0) is 36.9 Å². The minimum Gasteiger partial charge on any atom is -0.493 e. The number of benzene rings is 2. The Morgan fingerprint density at radius 3 is 2.73 bits per heavy atom. The molecule has 4 heteroatoms. The summed E-state index contributed by atoms with van der Waals surface area (Å²) in [6.07, 6.45) is 1.83. The molecule has 1 N–H and O–H groups in total. The quantitative estimate of drug-likeness (QED) is 0.472. The van der Waals surface area contributed by atoms with Crippen LogP contribution in [0.4, 0.5) is 0 Å². The number of fused-ring (bicyclic) bond motifs is 1. The molecule has 4 rings (SSSR count). The fraction of sp³-hybridized carbons (Fsp3) is 0.227. The van der Waals surface area contributed by atoms with Crippen LogP contribution in [0, 0.1) is 6.92 Å². The first-order chi connectivity index (χ1) is 12.7. The first kappa shape index (κ1) is 16.9. The van der Waals surface area contributed by atoms with E-state index in [2.05, 4.69) is 61.3 Å². The summed E-state index contributed by atoms with van der Waals surface area (Å²) < 4.78 is 5.98. The molecule has 0 amide bonds. The van der Waals surface area contributed by atoms with Crippen LogP contribution < -0.4 is 4.74 Å². The van der Waals surface area contributed by atoms with E-state index in [1.54, 1.807) is 11.3 Å². The molecular formula is C22H22N2OS. The van der Waals surface area contributed by atoms with Crippen molar-refractivity contribution < 1.29 is 4.74 Å². The van der Waals surface area contributed by atoms with E-state index < -0.39 is 0 Å². The van der Waals surface area contributed by atoms with Gasteiger partial charge >= 0.3 is 0 Å². The molecule has 0 fully saturated rings. The molecular weight excluding hydrogens is 340 g/mol. The average molecular weight is 362 g/mol. The highest BCUT2D eigenvalue weighted by Gasteiger charge is 2.09. The molecule has 2 heterocycles. The Hall–Kier alpha value is -2.59. The summed E-state index contributed by atoms with van der Waals surface area (Å²) in [5.74, 6) is 0.901. The number of nitrogens with one attached hydrogen (secondary N) is 1. The number of ether oxygens (including phenoxy) is 1.